The first-order chi connectivity index (χ1) is 14.1. The minimum atomic E-state index is -1.22. The predicted octanol–water partition coefficient (Wildman–Crippen LogP) is -2.76. The molecular weight excluding hydrogens is 416 g/mol. The number of carbonyl (C=O) groups is 5. The molecule has 0 spiro atoms. The van der Waals surface area contributed by atoms with Crippen LogP contribution in [0.3, 0.4) is 0 Å². The van der Waals surface area contributed by atoms with Crippen LogP contribution in [0.5, 0.6) is 0 Å². The van der Waals surface area contributed by atoms with Crippen molar-refractivity contribution >= 4 is 41.4 Å². The van der Waals surface area contributed by atoms with Crippen LogP contribution in [-0.4, -0.2) is 77.9 Å². The van der Waals surface area contributed by atoms with Crippen LogP contribution < -0.4 is 33.2 Å². The molecule has 0 aromatic heterocycles. The highest BCUT2D eigenvalue weighted by Crippen LogP contribution is 2.06. The molecule has 0 radical (unpaired) electrons. The van der Waals surface area contributed by atoms with Gasteiger partial charge in [-0.2, -0.15) is 11.8 Å². The zero-order valence-electron chi connectivity index (χ0n) is 17.0. The van der Waals surface area contributed by atoms with E-state index in [1.807, 2.05) is 6.26 Å². The molecule has 3 atom stereocenters. The van der Waals surface area contributed by atoms with E-state index in [-0.39, 0.29) is 19.3 Å². The van der Waals surface area contributed by atoms with Gasteiger partial charge in [0.1, 0.15) is 18.6 Å². The van der Waals surface area contributed by atoms with Crippen molar-refractivity contribution in [3.63, 3.8) is 0 Å². The number of carboxylic acids is 1. The number of rotatable bonds is 16. The van der Waals surface area contributed by atoms with Crippen LogP contribution in [0.4, 0.5) is 0 Å². The fourth-order valence-corrected chi connectivity index (χ4v) is 2.88. The van der Waals surface area contributed by atoms with Gasteiger partial charge in [-0.05, 0) is 44.2 Å². The molecule has 0 bridgehead atoms. The van der Waals surface area contributed by atoms with Crippen molar-refractivity contribution in [2.24, 2.45) is 17.2 Å². The quantitative estimate of drug-likeness (QED) is 0.121. The summed E-state index contributed by atoms with van der Waals surface area (Å²) >= 11 is 1.45. The fraction of sp³-hybridized carbons (Fsp3) is 0.706. The normalized spacial score (nSPS) is 13.6. The summed E-state index contributed by atoms with van der Waals surface area (Å²) in [4.78, 5) is 58.8. The third-order valence-electron chi connectivity index (χ3n) is 4.00. The number of unbranched alkanes of at least 4 members (excludes halogenated alkanes) is 1. The molecule has 0 aliphatic heterocycles. The van der Waals surface area contributed by atoms with E-state index in [4.69, 9.17) is 22.3 Å². The number of hydrogen-bond donors (Lipinski definition) is 7. The lowest BCUT2D eigenvalue weighted by Gasteiger charge is -2.24. The topological polar surface area (TPSA) is 220 Å². The number of carboxylic acid groups (broad SMARTS) is 1. The Hall–Kier alpha value is -2.38. The summed E-state index contributed by atoms with van der Waals surface area (Å²) in [6.07, 6.45) is 3.11. The maximum Gasteiger partial charge on any atom is 0.322 e. The summed E-state index contributed by atoms with van der Waals surface area (Å²) < 4.78 is 0. The summed E-state index contributed by atoms with van der Waals surface area (Å²) in [6, 6.07) is -3.18. The summed E-state index contributed by atoms with van der Waals surface area (Å²) in [5, 5.41) is 16.0. The largest absolute Gasteiger partial charge is 0.480 e. The fourth-order valence-electron chi connectivity index (χ4n) is 2.41. The molecule has 0 heterocycles. The first-order valence-electron chi connectivity index (χ1n) is 9.45. The van der Waals surface area contributed by atoms with Crippen LogP contribution >= 0.6 is 11.8 Å². The van der Waals surface area contributed by atoms with Crippen molar-refractivity contribution in [3.05, 3.63) is 0 Å². The number of aliphatic carboxylic acids is 1. The molecule has 3 unspecified atom stereocenters. The van der Waals surface area contributed by atoms with E-state index in [1.54, 1.807) is 0 Å². The van der Waals surface area contributed by atoms with E-state index >= 15 is 0 Å². The smallest absolute Gasteiger partial charge is 0.322 e. The molecule has 4 amide bonds. The second-order valence-corrected chi connectivity index (χ2v) is 7.56. The highest BCUT2D eigenvalue weighted by atomic mass is 32.2. The van der Waals surface area contributed by atoms with E-state index in [1.165, 1.54) is 11.8 Å². The molecule has 0 rings (SSSR count). The molecule has 0 saturated carbocycles. The lowest BCUT2D eigenvalue weighted by molar-refractivity contribution is -0.138. The molecule has 10 N–H and O–H groups in total. The highest BCUT2D eigenvalue weighted by molar-refractivity contribution is 7.98. The summed E-state index contributed by atoms with van der Waals surface area (Å²) in [5.74, 6) is -3.42. The highest BCUT2D eigenvalue weighted by Gasteiger charge is 2.28. The Morgan fingerprint density at radius 2 is 1.57 bits per heavy atom. The van der Waals surface area contributed by atoms with Crippen molar-refractivity contribution in [3.8, 4) is 0 Å². The van der Waals surface area contributed by atoms with Gasteiger partial charge in [-0.3, -0.25) is 24.0 Å². The molecule has 172 valence electrons. The van der Waals surface area contributed by atoms with E-state index in [0.717, 1.165) is 0 Å². The van der Waals surface area contributed by atoms with E-state index in [9.17, 15) is 24.0 Å². The van der Waals surface area contributed by atoms with Gasteiger partial charge in [0, 0.05) is 0 Å². The van der Waals surface area contributed by atoms with Gasteiger partial charge in [0.15, 0.2) is 0 Å². The van der Waals surface area contributed by atoms with E-state index < -0.39 is 54.3 Å². The van der Waals surface area contributed by atoms with Gasteiger partial charge in [0.05, 0.1) is 12.5 Å². The van der Waals surface area contributed by atoms with Crippen LogP contribution in [-0.2, 0) is 24.0 Å². The third kappa shape index (κ3) is 12.2. The predicted molar refractivity (Wildman–Crippen MR) is 112 cm³/mol. The molecule has 0 aromatic carbocycles. The second-order valence-electron chi connectivity index (χ2n) is 6.58. The van der Waals surface area contributed by atoms with Crippen LogP contribution in [0.1, 0.15) is 32.1 Å². The first-order valence-corrected chi connectivity index (χ1v) is 10.8. The van der Waals surface area contributed by atoms with Crippen molar-refractivity contribution in [1.82, 2.24) is 16.0 Å². The number of hydrogen-bond acceptors (Lipinski definition) is 8. The standard InChI is InChI=1S/C17H32N6O6S/c1-30-7-5-12(22-15(27)10(19)8-13(20)24)17(29)23-11(4-2-3-6-18)16(28)21-9-14(25)26/h10-12H,2-9,18-19H2,1H3,(H2,20,24)(H,21,28)(H,22,27)(H,23,29)(H,25,26). The van der Waals surface area contributed by atoms with Gasteiger partial charge in [-0.25, -0.2) is 0 Å². The molecule has 12 nitrogen and oxygen atoms in total. The molecular formula is C17H32N6O6S. The number of amides is 4. The molecule has 0 aromatic rings. The molecule has 13 heteroatoms. The van der Waals surface area contributed by atoms with Crippen molar-refractivity contribution in [2.75, 3.05) is 25.1 Å². The Morgan fingerprint density at radius 3 is 2.10 bits per heavy atom. The van der Waals surface area contributed by atoms with Gasteiger partial charge in [0.2, 0.25) is 23.6 Å². The van der Waals surface area contributed by atoms with E-state index in [0.29, 0.717) is 25.1 Å². The second kappa shape index (κ2) is 15.5. The van der Waals surface area contributed by atoms with Gasteiger partial charge in [-0.1, -0.05) is 0 Å². The number of nitrogens with one attached hydrogen (secondary N) is 3. The molecule has 0 aliphatic rings. The van der Waals surface area contributed by atoms with Crippen LogP contribution in [0.2, 0.25) is 0 Å². The summed E-state index contributed by atoms with van der Waals surface area (Å²) in [5.41, 5.74) is 16.1. The molecule has 0 aliphatic carbocycles. The SMILES string of the molecule is CSCCC(NC(=O)C(N)CC(N)=O)C(=O)NC(CCCCN)C(=O)NCC(=O)O. The van der Waals surface area contributed by atoms with Gasteiger partial charge < -0.3 is 38.3 Å². The molecule has 0 saturated heterocycles. The van der Waals surface area contributed by atoms with Crippen molar-refractivity contribution in [1.29, 1.82) is 0 Å². The maximum absolute atomic E-state index is 12.7. The molecule has 30 heavy (non-hydrogen) atoms. The molecule has 0 fully saturated rings. The minimum absolute atomic E-state index is 0.249. The lowest BCUT2D eigenvalue weighted by atomic mass is 10.1. The van der Waals surface area contributed by atoms with Crippen LogP contribution in [0.25, 0.3) is 0 Å². The number of carbonyl (C=O) groups excluding carboxylic acids is 4. The van der Waals surface area contributed by atoms with Crippen molar-refractivity contribution in [2.45, 2.75) is 50.2 Å². The van der Waals surface area contributed by atoms with E-state index in [2.05, 4.69) is 16.0 Å². The van der Waals surface area contributed by atoms with Crippen LogP contribution in [0, 0.1) is 0 Å². The Kier molecular flexibility index (Phi) is 14.2. The Morgan fingerprint density at radius 1 is 0.967 bits per heavy atom. The zero-order valence-corrected chi connectivity index (χ0v) is 17.8. The van der Waals surface area contributed by atoms with Gasteiger partial charge in [-0.15, -0.1) is 0 Å². The zero-order chi connectivity index (χ0) is 23.1. The average molecular weight is 449 g/mol. The monoisotopic (exact) mass is 448 g/mol. The number of primary amides is 1. The number of nitrogens with two attached hydrogens (primary N) is 3. The lowest BCUT2D eigenvalue weighted by Crippen LogP contribution is -2.56. The summed E-state index contributed by atoms with van der Waals surface area (Å²) in [7, 11) is 0. The third-order valence-corrected chi connectivity index (χ3v) is 4.64. The Balaban J connectivity index is 5.18. The maximum atomic E-state index is 12.7. The van der Waals surface area contributed by atoms with Gasteiger partial charge in [0.25, 0.3) is 0 Å². The Bertz CT molecular complexity index is 605. The summed E-state index contributed by atoms with van der Waals surface area (Å²) in [6.45, 7) is -0.182. The average Bonchev–Trinajstić information content (AvgIpc) is 2.67. The first kappa shape index (κ1) is 27.6. The van der Waals surface area contributed by atoms with Crippen molar-refractivity contribution < 1.29 is 29.1 Å². The number of thioether (sulfide) groups is 1. The Labute approximate surface area is 179 Å². The van der Waals surface area contributed by atoms with Crippen LogP contribution in [0.15, 0.2) is 0 Å². The minimum Gasteiger partial charge on any atom is -0.480 e. The van der Waals surface area contributed by atoms with Gasteiger partial charge >= 0.3 is 5.97 Å².